The van der Waals surface area contributed by atoms with E-state index >= 15 is 0 Å². The molecule has 2 aliphatic heterocycles. The highest BCUT2D eigenvalue weighted by Gasteiger charge is 2.48. The smallest absolute Gasteiger partial charge is 0.228 e. The highest BCUT2D eigenvalue weighted by Crippen LogP contribution is 2.38. The summed E-state index contributed by atoms with van der Waals surface area (Å²) in [6, 6.07) is 18.4. The van der Waals surface area contributed by atoms with Crippen LogP contribution in [0.15, 0.2) is 54.6 Å². The third-order valence-corrected chi connectivity index (χ3v) is 6.89. The maximum absolute atomic E-state index is 13.5. The minimum absolute atomic E-state index is 0.00437. The first-order chi connectivity index (χ1) is 15.8. The molecule has 2 fully saturated rings. The van der Waals surface area contributed by atoms with Gasteiger partial charge in [-0.1, -0.05) is 54.6 Å². The van der Waals surface area contributed by atoms with Crippen LogP contribution in [0.1, 0.15) is 32.3 Å². The second kappa shape index (κ2) is 9.38. The highest BCUT2D eigenvalue weighted by atomic mass is 16.2. The van der Waals surface area contributed by atoms with Crippen LogP contribution < -0.4 is 5.32 Å². The maximum atomic E-state index is 13.5. The normalized spacial score (nSPS) is 22.8. The van der Waals surface area contributed by atoms with Crippen molar-refractivity contribution < 1.29 is 14.4 Å². The van der Waals surface area contributed by atoms with Gasteiger partial charge in [-0.05, 0) is 43.4 Å². The van der Waals surface area contributed by atoms with E-state index < -0.39 is 5.41 Å². The lowest BCUT2D eigenvalue weighted by Crippen LogP contribution is -2.48. The first-order valence-corrected chi connectivity index (χ1v) is 11.8. The fraction of sp³-hybridized carbons (Fsp3) is 0.444. The van der Waals surface area contributed by atoms with Crippen LogP contribution in [-0.2, 0) is 20.8 Å². The van der Waals surface area contributed by atoms with Crippen molar-refractivity contribution in [2.24, 2.45) is 11.3 Å². The Hall–Kier alpha value is -3.15. The molecule has 6 nitrogen and oxygen atoms in total. The van der Waals surface area contributed by atoms with Gasteiger partial charge in [0.05, 0.1) is 11.3 Å². The number of benzene rings is 2. The van der Waals surface area contributed by atoms with Gasteiger partial charge < -0.3 is 15.1 Å². The zero-order chi connectivity index (χ0) is 23.6. The van der Waals surface area contributed by atoms with Gasteiger partial charge >= 0.3 is 0 Å². The summed E-state index contributed by atoms with van der Waals surface area (Å²) in [5.41, 5.74) is 2.64. The Labute approximate surface area is 196 Å². The Kier molecular flexibility index (Phi) is 6.54. The fourth-order valence-electron chi connectivity index (χ4n) is 5.11. The Morgan fingerprint density at radius 2 is 1.79 bits per heavy atom. The van der Waals surface area contributed by atoms with Crippen molar-refractivity contribution >= 4 is 17.7 Å². The molecule has 2 aliphatic rings. The summed E-state index contributed by atoms with van der Waals surface area (Å²) in [5, 5.41) is 3.11. The van der Waals surface area contributed by atoms with E-state index in [1.54, 1.807) is 11.9 Å². The van der Waals surface area contributed by atoms with E-state index in [1.165, 1.54) is 0 Å². The molecule has 0 aromatic heterocycles. The van der Waals surface area contributed by atoms with E-state index in [9.17, 15) is 14.4 Å². The molecular formula is C27H33N3O3. The van der Waals surface area contributed by atoms with Gasteiger partial charge in [-0.25, -0.2) is 0 Å². The topological polar surface area (TPSA) is 69.7 Å². The number of amides is 3. The van der Waals surface area contributed by atoms with Crippen molar-refractivity contribution in [2.45, 2.75) is 39.2 Å². The molecule has 2 heterocycles. The Morgan fingerprint density at radius 3 is 2.45 bits per heavy atom. The molecule has 174 valence electrons. The largest absolute Gasteiger partial charge is 0.353 e. The van der Waals surface area contributed by atoms with Gasteiger partial charge in [0.2, 0.25) is 17.7 Å². The van der Waals surface area contributed by atoms with Gasteiger partial charge in [0, 0.05) is 39.1 Å². The molecule has 0 bridgehead atoms. The van der Waals surface area contributed by atoms with Gasteiger partial charge in [-0.2, -0.15) is 0 Å². The van der Waals surface area contributed by atoms with Crippen molar-refractivity contribution in [3.63, 3.8) is 0 Å². The molecule has 0 radical (unpaired) electrons. The van der Waals surface area contributed by atoms with Crippen LogP contribution in [0.2, 0.25) is 0 Å². The van der Waals surface area contributed by atoms with Gasteiger partial charge in [0.15, 0.2) is 0 Å². The maximum Gasteiger partial charge on any atom is 0.228 e. The van der Waals surface area contributed by atoms with Crippen LogP contribution in [0.5, 0.6) is 0 Å². The molecule has 2 aromatic carbocycles. The average molecular weight is 448 g/mol. The minimum atomic E-state index is -0.695. The minimum Gasteiger partial charge on any atom is -0.353 e. The van der Waals surface area contributed by atoms with Crippen LogP contribution in [0.3, 0.4) is 0 Å². The van der Waals surface area contributed by atoms with Crippen LogP contribution in [-0.4, -0.2) is 60.2 Å². The summed E-state index contributed by atoms with van der Waals surface area (Å²) in [7, 11) is 1.74. The summed E-state index contributed by atoms with van der Waals surface area (Å²) in [6.45, 7) is 5.28. The van der Waals surface area contributed by atoms with Crippen LogP contribution in [0.4, 0.5) is 0 Å². The summed E-state index contributed by atoms with van der Waals surface area (Å²) >= 11 is 0. The molecule has 3 amide bonds. The van der Waals surface area contributed by atoms with E-state index in [1.807, 2.05) is 49.1 Å². The number of hydrogen-bond acceptors (Lipinski definition) is 3. The predicted octanol–water partition coefficient (Wildman–Crippen LogP) is 3.12. The molecule has 6 heteroatoms. The van der Waals surface area contributed by atoms with Gasteiger partial charge in [0.1, 0.15) is 0 Å². The number of carbonyl (C=O) groups excluding carboxylic acids is 3. The molecule has 0 saturated carbocycles. The predicted molar refractivity (Wildman–Crippen MR) is 128 cm³/mol. The lowest BCUT2D eigenvalue weighted by molar-refractivity contribution is -0.136. The Balaban J connectivity index is 1.62. The third-order valence-electron chi connectivity index (χ3n) is 6.89. The van der Waals surface area contributed by atoms with Crippen molar-refractivity contribution in [3.8, 4) is 11.1 Å². The van der Waals surface area contributed by atoms with Crippen LogP contribution in [0.25, 0.3) is 11.1 Å². The molecule has 4 rings (SSSR count). The Morgan fingerprint density at radius 1 is 1.09 bits per heavy atom. The second-order valence-electron chi connectivity index (χ2n) is 9.79. The lowest BCUT2D eigenvalue weighted by atomic mass is 9.78. The average Bonchev–Trinajstić information content (AvgIpc) is 3.38. The molecule has 1 N–H and O–H groups in total. The van der Waals surface area contributed by atoms with Crippen LogP contribution in [0, 0.1) is 11.3 Å². The first-order valence-electron chi connectivity index (χ1n) is 11.8. The summed E-state index contributed by atoms with van der Waals surface area (Å²) in [4.78, 5) is 42.1. The van der Waals surface area contributed by atoms with Crippen molar-refractivity contribution in [1.82, 2.24) is 15.1 Å². The van der Waals surface area contributed by atoms with Gasteiger partial charge in [0.25, 0.3) is 0 Å². The second-order valence-corrected chi connectivity index (χ2v) is 9.79. The van der Waals surface area contributed by atoms with Gasteiger partial charge in [-0.15, -0.1) is 0 Å². The molecule has 0 spiro atoms. The van der Waals surface area contributed by atoms with Gasteiger partial charge in [-0.3, -0.25) is 14.4 Å². The molecular weight excluding hydrogens is 414 g/mol. The number of hydrogen-bond donors (Lipinski definition) is 1. The number of nitrogens with one attached hydrogen (secondary N) is 1. The summed E-state index contributed by atoms with van der Waals surface area (Å²) < 4.78 is 0. The van der Waals surface area contributed by atoms with Crippen molar-refractivity contribution in [1.29, 1.82) is 0 Å². The fourth-order valence-corrected chi connectivity index (χ4v) is 5.11. The van der Waals surface area contributed by atoms with Crippen molar-refractivity contribution in [3.05, 3.63) is 60.2 Å². The quantitative estimate of drug-likeness (QED) is 0.740. The standard InChI is InChI=1S/C27H33N3O3/c1-19(2)28-26(33)27(13-14-30(18-27)25(32)22-15-24(31)29(3)17-22)16-21-11-7-8-12-23(21)20-9-5-4-6-10-20/h4-12,19,22H,13-18H2,1-3H3,(H,28,33)/t22-,27+/m0/s1. The molecule has 0 unspecified atom stereocenters. The molecule has 33 heavy (non-hydrogen) atoms. The monoisotopic (exact) mass is 447 g/mol. The van der Waals surface area contributed by atoms with E-state index in [0.717, 1.165) is 16.7 Å². The highest BCUT2D eigenvalue weighted by molar-refractivity contribution is 5.91. The third kappa shape index (κ3) is 4.80. The summed E-state index contributed by atoms with van der Waals surface area (Å²) in [6.07, 6.45) is 1.43. The van der Waals surface area contributed by atoms with E-state index in [0.29, 0.717) is 32.5 Å². The van der Waals surface area contributed by atoms with E-state index in [4.69, 9.17) is 0 Å². The number of likely N-dealkylation sites (tertiary alicyclic amines) is 2. The van der Waals surface area contributed by atoms with Crippen LogP contribution >= 0.6 is 0 Å². The number of carbonyl (C=O) groups is 3. The number of rotatable bonds is 6. The first kappa shape index (κ1) is 23.0. The molecule has 2 saturated heterocycles. The van der Waals surface area contributed by atoms with Crippen molar-refractivity contribution in [2.75, 3.05) is 26.7 Å². The zero-order valence-electron chi connectivity index (χ0n) is 19.7. The Bertz CT molecular complexity index is 1040. The van der Waals surface area contributed by atoms with E-state index in [-0.39, 0.29) is 36.1 Å². The summed E-state index contributed by atoms with van der Waals surface area (Å²) in [5.74, 6) is -0.324. The lowest BCUT2D eigenvalue weighted by Gasteiger charge is -2.30. The van der Waals surface area contributed by atoms with E-state index in [2.05, 4.69) is 29.6 Å². The molecule has 2 atom stereocenters. The SMILES string of the molecule is CC(C)NC(=O)[C@@]1(Cc2ccccc2-c2ccccc2)CCN(C(=O)[C@H]2CC(=O)N(C)C2)C1. The molecule has 2 aromatic rings. The number of nitrogens with zero attached hydrogens (tertiary/aromatic N) is 2. The zero-order valence-corrected chi connectivity index (χ0v) is 19.7. The molecule has 0 aliphatic carbocycles.